The molecule has 1 aliphatic rings. The molecule has 0 amide bonds. The highest BCUT2D eigenvalue weighted by atomic mass is 16.1. The summed E-state index contributed by atoms with van der Waals surface area (Å²) in [4.78, 5) is 13.9. The smallest absolute Gasteiger partial charge is 0.171 e. The molecule has 0 bridgehead atoms. The van der Waals surface area contributed by atoms with Gasteiger partial charge >= 0.3 is 0 Å². The van der Waals surface area contributed by atoms with Crippen LogP contribution in [0, 0.1) is 12.8 Å². The van der Waals surface area contributed by atoms with E-state index in [0.29, 0.717) is 5.78 Å². The van der Waals surface area contributed by atoms with Crippen molar-refractivity contribution in [3.8, 4) is 0 Å². The highest BCUT2D eigenvalue weighted by Crippen LogP contribution is 2.09. The predicted molar refractivity (Wildman–Crippen MR) is 74.1 cm³/mol. The van der Waals surface area contributed by atoms with E-state index in [1.165, 1.54) is 37.9 Å². The van der Waals surface area contributed by atoms with Gasteiger partial charge in [0.1, 0.15) is 0 Å². The third kappa shape index (κ3) is 3.42. The lowest BCUT2D eigenvalue weighted by molar-refractivity contribution is -0.906. The van der Waals surface area contributed by atoms with Crippen molar-refractivity contribution < 1.29 is 9.69 Å². The molecular formula is C16H24NO+. The number of Topliss-reactive ketones (excluding diaryl/α,β-unsaturated/α-hetero) is 1. The third-order valence-electron chi connectivity index (χ3n) is 3.94. The van der Waals surface area contributed by atoms with Crippen molar-refractivity contribution in [2.45, 2.75) is 33.1 Å². The van der Waals surface area contributed by atoms with Crippen LogP contribution in [0.1, 0.15) is 42.1 Å². The Morgan fingerprint density at radius 3 is 2.39 bits per heavy atom. The van der Waals surface area contributed by atoms with Gasteiger partial charge in [0.15, 0.2) is 5.78 Å². The molecule has 0 radical (unpaired) electrons. The molecule has 0 aromatic heterocycles. The number of rotatable bonds is 4. The largest absolute Gasteiger partial charge is 0.334 e. The second-order valence-electron chi connectivity index (χ2n) is 5.65. The van der Waals surface area contributed by atoms with Crippen LogP contribution in [0.3, 0.4) is 0 Å². The van der Waals surface area contributed by atoms with Gasteiger partial charge in [0.05, 0.1) is 25.6 Å². The number of aryl methyl sites for hydroxylation is 1. The van der Waals surface area contributed by atoms with Crippen LogP contribution in [0.4, 0.5) is 0 Å². The van der Waals surface area contributed by atoms with Crippen LogP contribution in [0.2, 0.25) is 0 Å². The lowest BCUT2D eigenvalue weighted by Gasteiger charge is -2.25. The quantitative estimate of drug-likeness (QED) is 0.805. The Morgan fingerprint density at radius 1 is 1.17 bits per heavy atom. The van der Waals surface area contributed by atoms with Crippen molar-refractivity contribution in [1.82, 2.24) is 0 Å². The summed E-state index contributed by atoms with van der Waals surface area (Å²) in [5.74, 6) is 0.439. The summed E-state index contributed by atoms with van der Waals surface area (Å²) in [6.07, 6.45) is 4.01. The molecule has 0 saturated carbocycles. The van der Waals surface area contributed by atoms with E-state index in [9.17, 15) is 4.79 Å². The molecule has 2 heteroatoms. The minimum absolute atomic E-state index is 0.140. The van der Waals surface area contributed by atoms with Gasteiger partial charge in [-0.1, -0.05) is 29.8 Å². The van der Waals surface area contributed by atoms with Crippen molar-refractivity contribution in [2.75, 3.05) is 19.6 Å². The fraction of sp³-hybridized carbons (Fsp3) is 0.562. The summed E-state index contributed by atoms with van der Waals surface area (Å²) >= 11 is 0. The Labute approximate surface area is 110 Å². The van der Waals surface area contributed by atoms with E-state index in [4.69, 9.17) is 0 Å². The van der Waals surface area contributed by atoms with Crippen LogP contribution in [0.25, 0.3) is 0 Å². The van der Waals surface area contributed by atoms with Gasteiger partial charge in [-0.2, -0.15) is 0 Å². The number of hydrogen-bond donors (Lipinski definition) is 1. The summed E-state index contributed by atoms with van der Waals surface area (Å²) in [6, 6.07) is 7.96. The van der Waals surface area contributed by atoms with Crippen LogP contribution in [-0.4, -0.2) is 25.4 Å². The van der Waals surface area contributed by atoms with E-state index in [1.54, 1.807) is 4.90 Å². The van der Waals surface area contributed by atoms with E-state index in [1.807, 2.05) is 24.3 Å². The number of piperidine rings is 1. The second-order valence-corrected chi connectivity index (χ2v) is 5.65. The number of nitrogens with one attached hydrogen (secondary N) is 1. The molecule has 0 unspecified atom stereocenters. The van der Waals surface area contributed by atoms with E-state index >= 15 is 0 Å². The molecule has 2 nitrogen and oxygen atoms in total. The van der Waals surface area contributed by atoms with Crippen LogP contribution >= 0.6 is 0 Å². The minimum atomic E-state index is 0.140. The number of quaternary nitrogens is 1. The number of carbonyl (C=O) groups excluding carboxylic acids is 1. The average Bonchev–Trinajstić information content (AvgIpc) is 2.40. The van der Waals surface area contributed by atoms with Gasteiger partial charge in [0, 0.05) is 5.56 Å². The predicted octanol–water partition coefficient (Wildman–Crippen LogP) is 1.88. The fourth-order valence-corrected chi connectivity index (χ4v) is 2.78. The van der Waals surface area contributed by atoms with Crippen LogP contribution in [0.5, 0.6) is 0 Å². The van der Waals surface area contributed by atoms with E-state index in [2.05, 4.69) is 13.8 Å². The number of likely N-dealkylation sites (tertiary alicyclic amines) is 1. The summed E-state index contributed by atoms with van der Waals surface area (Å²) in [5.41, 5.74) is 2.07. The number of carbonyl (C=O) groups is 1. The highest BCUT2D eigenvalue weighted by Gasteiger charge is 2.22. The molecule has 1 N–H and O–H groups in total. The molecule has 0 aliphatic carbocycles. The fourth-order valence-electron chi connectivity index (χ4n) is 2.78. The van der Waals surface area contributed by atoms with Gasteiger partial charge in [-0.25, -0.2) is 0 Å². The minimum Gasteiger partial charge on any atom is -0.334 e. The summed E-state index contributed by atoms with van der Waals surface area (Å²) in [7, 11) is 0. The molecule has 18 heavy (non-hydrogen) atoms. The molecule has 98 valence electrons. The first kappa shape index (κ1) is 13.3. The third-order valence-corrected chi connectivity index (χ3v) is 3.94. The zero-order chi connectivity index (χ0) is 13.0. The van der Waals surface area contributed by atoms with E-state index in [0.717, 1.165) is 12.1 Å². The standard InChI is InChI=1S/C16H23NO/c1-13-6-8-15(9-7-13)16(18)14(2)12-17-10-4-3-5-11-17/h6-9,14H,3-5,10-12H2,1-2H3/p+1/t14-/m1/s1. The van der Waals surface area contributed by atoms with Crippen molar-refractivity contribution in [1.29, 1.82) is 0 Å². The Morgan fingerprint density at radius 2 is 1.78 bits per heavy atom. The Balaban J connectivity index is 1.93. The molecule has 2 rings (SSSR count). The van der Waals surface area contributed by atoms with Crippen LogP contribution < -0.4 is 4.90 Å². The lowest BCUT2D eigenvalue weighted by Crippen LogP contribution is -3.13. The SMILES string of the molecule is Cc1ccc(C(=O)[C@H](C)C[NH+]2CCCCC2)cc1. The summed E-state index contributed by atoms with van der Waals surface area (Å²) in [5, 5.41) is 0. The van der Waals surface area contributed by atoms with E-state index in [-0.39, 0.29) is 5.92 Å². The van der Waals surface area contributed by atoms with Gasteiger partial charge in [-0.05, 0) is 33.1 Å². The van der Waals surface area contributed by atoms with Crippen molar-refractivity contribution >= 4 is 5.78 Å². The van der Waals surface area contributed by atoms with Crippen LogP contribution in [-0.2, 0) is 0 Å². The van der Waals surface area contributed by atoms with E-state index < -0.39 is 0 Å². The van der Waals surface area contributed by atoms with Crippen LogP contribution in [0.15, 0.2) is 24.3 Å². The molecule has 1 atom stereocenters. The summed E-state index contributed by atoms with van der Waals surface area (Å²) in [6.45, 7) is 7.60. The molecular weight excluding hydrogens is 222 g/mol. The van der Waals surface area contributed by atoms with Gasteiger partial charge < -0.3 is 4.90 Å². The number of hydrogen-bond acceptors (Lipinski definition) is 1. The molecule has 1 heterocycles. The maximum Gasteiger partial charge on any atom is 0.171 e. The Bertz CT molecular complexity index is 390. The molecule has 1 aromatic rings. The average molecular weight is 246 g/mol. The second kappa shape index (κ2) is 6.14. The molecule has 1 fully saturated rings. The van der Waals surface area contributed by atoms with Crippen molar-refractivity contribution in [3.05, 3.63) is 35.4 Å². The Hall–Kier alpha value is -1.15. The lowest BCUT2D eigenvalue weighted by atomic mass is 9.97. The topological polar surface area (TPSA) is 21.5 Å². The maximum absolute atomic E-state index is 12.3. The first-order valence-electron chi connectivity index (χ1n) is 7.11. The zero-order valence-corrected chi connectivity index (χ0v) is 11.5. The normalized spacial score (nSPS) is 18.6. The molecule has 1 aromatic carbocycles. The van der Waals surface area contributed by atoms with Crippen molar-refractivity contribution in [3.63, 3.8) is 0 Å². The highest BCUT2D eigenvalue weighted by molar-refractivity contribution is 5.97. The molecule has 0 spiro atoms. The zero-order valence-electron chi connectivity index (χ0n) is 11.5. The first-order chi connectivity index (χ1) is 8.66. The maximum atomic E-state index is 12.3. The van der Waals surface area contributed by atoms with Gasteiger partial charge in [0.2, 0.25) is 0 Å². The number of ketones is 1. The van der Waals surface area contributed by atoms with Gasteiger partial charge in [-0.3, -0.25) is 4.79 Å². The molecule has 1 aliphatic heterocycles. The van der Waals surface area contributed by atoms with Crippen molar-refractivity contribution in [2.24, 2.45) is 5.92 Å². The molecule has 1 saturated heterocycles. The Kier molecular flexibility index (Phi) is 4.54. The summed E-state index contributed by atoms with van der Waals surface area (Å²) < 4.78 is 0. The van der Waals surface area contributed by atoms with Gasteiger partial charge in [-0.15, -0.1) is 0 Å². The van der Waals surface area contributed by atoms with Gasteiger partial charge in [0.25, 0.3) is 0 Å². The first-order valence-corrected chi connectivity index (χ1v) is 7.11. The number of benzene rings is 1. The monoisotopic (exact) mass is 246 g/mol.